The second-order valence-corrected chi connectivity index (χ2v) is 5.26. The van der Waals surface area contributed by atoms with E-state index in [1.807, 2.05) is 30.3 Å². The van der Waals surface area contributed by atoms with Crippen molar-refractivity contribution in [1.82, 2.24) is 0 Å². The Morgan fingerprint density at radius 1 is 1.26 bits per heavy atom. The number of benzene rings is 2. The molecule has 4 heteroatoms. The lowest BCUT2D eigenvalue weighted by Crippen LogP contribution is -2.30. The zero-order chi connectivity index (χ0) is 13.4. The summed E-state index contributed by atoms with van der Waals surface area (Å²) in [4.78, 5) is 15.8. The van der Waals surface area contributed by atoms with Crippen LogP contribution in [-0.2, 0) is 6.42 Å². The maximum atomic E-state index is 11.3. The van der Waals surface area contributed by atoms with Gasteiger partial charge in [-0.05, 0) is 41.5 Å². The van der Waals surface area contributed by atoms with Crippen molar-refractivity contribution < 1.29 is 9.90 Å². The van der Waals surface area contributed by atoms with Crippen LogP contribution in [0.15, 0.2) is 45.9 Å². The molecule has 2 aromatic rings. The van der Waals surface area contributed by atoms with Crippen LogP contribution in [0, 0.1) is 0 Å². The first kappa shape index (κ1) is 12.1. The molecule has 0 bridgehead atoms. The zero-order valence-corrected chi connectivity index (χ0v) is 11.5. The molecule has 3 nitrogen and oxygen atoms in total. The number of carbonyl (C=O) groups is 1. The van der Waals surface area contributed by atoms with Gasteiger partial charge >= 0.3 is 5.97 Å². The number of halogens is 1. The first-order valence-corrected chi connectivity index (χ1v) is 6.64. The number of hydrogen-bond acceptors (Lipinski definition) is 2. The van der Waals surface area contributed by atoms with Crippen molar-refractivity contribution in [2.45, 2.75) is 6.42 Å². The maximum Gasteiger partial charge on any atom is 0.337 e. The Bertz CT molecular complexity index is 796. The summed E-state index contributed by atoms with van der Waals surface area (Å²) in [6.45, 7) is 0. The number of nitrogens with zero attached hydrogens (tertiary/aromatic N) is 1. The normalized spacial score (nSPS) is 12.5. The van der Waals surface area contributed by atoms with Crippen molar-refractivity contribution in [3.05, 3.63) is 62.6 Å². The molecule has 0 aliphatic carbocycles. The molecule has 1 N–H and O–H groups in total. The molecule has 1 aliphatic heterocycles. The maximum absolute atomic E-state index is 11.3. The highest BCUT2D eigenvalue weighted by Crippen LogP contribution is 2.24. The Hall–Kier alpha value is -1.94. The summed E-state index contributed by atoms with van der Waals surface area (Å²) in [5.74, 6) is -0.949. The lowest BCUT2D eigenvalue weighted by Gasteiger charge is -2.02. The summed E-state index contributed by atoms with van der Waals surface area (Å²) in [7, 11) is 0. The summed E-state index contributed by atoms with van der Waals surface area (Å²) >= 11 is 3.44. The number of fused-ring (bicyclic) bond motifs is 2. The average Bonchev–Trinajstić information content (AvgIpc) is 2.57. The van der Waals surface area contributed by atoms with Crippen LogP contribution in [-0.4, -0.2) is 11.1 Å². The van der Waals surface area contributed by atoms with E-state index >= 15 is 0 Å². The highest BCUT2D eigenvalue weighted by molar-refractivity contribution is 9.10. The van der Waals surface area contributed by atoms with Crippen molar-refractivity contribution in [2.24, 2.45) is 4.99 Å². The average molecular weight is 316 g/mol. The van der Waals surface area contributed by atoms with E-state index in [-0.39, 0.29) is 5.56 Å². The summed E-state index contributed by atoms with van der Waals surface area (Å²) < 4.78 is 0.999. The van der Waals surface area contributed by atoms with E-state index in [4.69, 9.17) is 0 Å². The fraction of sp³-hybridized carbons (Fsp3) is 0.0667. The molecule has 0 atom stereocenters. The first-order chi connectivity index (χ1) is 9.15. The third kappa shape index (κ3) is 2.19. The third-order valence-corrected chi connectivity index (χ3v) is 3.61. The van der Waals surface area contributed by atoms with E-state index in [2.05, 4.69) is 20.9 Å². The molecular weight excluding hydrogens is 306 g/mol. The van der Waals surface area contributed by atoms with Crippen LogP contribution in [0.4, 0.5) is 5.69 Å². The van der Waals surface area contributed by atoms with Gasteiger partial charge in [0.1, 0.15) is 0 Å². The van der Waals surface area contributed by atoms with E-state index in [9.17, 15) is 9.90 Å². The van der Waals surface area contributed by atoms with Crippen LogP contribution < -0.4 is 10.6 Å². The Morgan fingerprint density at radius 2 is 2.11 bits per heavy atom. The topological polar surface area (TPSA) is 49.7 Å². The molecule has 0 saturated carbocycles. The van der Waals surface area contributed by atoms with E-state index in [1.54, 1.807) is 12.1 Å². The molecule has 0 fully saturated rings. The van der Waals surface area contributed by atoms with E-state index < -0.39 is 5.97 Å². The van der Waals surface area contributed by atoms with Gasteiger partial charge in [-0.3, -0.25) is 0 Å². The van der Waals surface area contributed by atoms with E-state index in [0.29, 0.717) is 5.36 Å². The van der Waals surface area contributed by atoms with E-state index in [1.165, 1.54) is 0 Å². The SMILES string of the molecule is O=C(O)c1cccc2c1=Nc1ccc(Br)cc1CC=2. The molecule has 0 saturated heterocycles. The predicted octanol–water partition coefficient (Wildman–Crippen LogP) is 2.44. The van der Waals surface area contributed by atoms with Crippen LogP contribution in [0.1, 0.15) is 15.9 Å². The molecule has 0 radical (unpaired) electrons. The molecule has 2 aromatic carbocycles. The smallest absolute Gasteiger partial charge is 0.337 e. The molecule has 0 spiro atoms. The predicted molar refractivity (Wildman–Crippen MR) is 76.2 cm³/mol. The van der Waals surface area contributed by atoms with Crippen molar-refractivity contribution >= 4 is 33.7 Å². The molecule has 94 valence electrons. The van der Waals surface area contributed by atoms with Gasteiger partial charge in [-0.2, -0.15) is 0 Å². The minimum atomic E-state index is -0.949. The van der Waals surface area contributed by atoms with Crippen LogP contribution in [0.25, 0.3) is 6.08 Å². The minimum absolute atomic E-state index is 0.240. The number of para-hydroxylation sites is 1. The molecular formula is C15H10BrNO2. The van der Waals surface area contributed by atoms with Gasteiger partial charge in [0.2, 0.25) is 0 Å². The van der Waals surface area contributed by atoms with Crippen molar-refractivity contribution in [2.75, 3.05) is 0 Å². The molecule has 1 aliphatic rings. The number of rotatable bonds is 1. The summed E-state index contributed by atoms with van der Waals surface area (Å²) in [6.07, 6.45) is 2.76. The Morgan fingerprint density at radius 3 is 2.89 bits per heavy atom. The van der Waals surface area contributed by atoms with Crippen LogP contribution in [0.5, 0.6) is 0 Å². The van der Waals surface area contributed by atoms with Gasteiger partial charge in [0.25, 0.3) is 0 Å². The zero-order valence-electron chi connectivity index (χ0n) is 9.93. The summed E-state index contributed by atoms with van der Waals surface area (Å²) in [5.41, 5.74) is 2.15. The Kier molecular flexibility index (Phi) is 2.95. The van der Waals surface area contributed by atoms with Crippen LogP contribution in [0.2, 0.25) is 0 Å². The largest absolute Gasteiger partial charge is 0.478 e. The molecule has 19 heavy (non-hydrogen) atoms. The monoisotopic (exact) mass is 315 g/mol. The second-order valence-electron chi connectivity index (χ2n) is 4.34. The quantitative estimate of drug-likeness (QED) is 0.878. The number of hydrogen-bond donors (Lipinski definition) is 1. The third-order valence-electron chi connectivity index (χ3n) is 3.11. The minimum Gasteiger partial charge on any atom is -0.478 e. The van der Waals surface area contributed by atoms with Gasteiger partial charge in [-0.1, -0.05) is 34.1 Å². The molecule has 1 heterocycles. The van der Waals surface area contributed by atoms with Gasteiger partial charge in [0, 0.05) is 4.47 Å². The molecule has 0 aromatic heterocycles. The van der Waals surface area contributed by atoms with Crippen molar-refractivity contribution in [3.8, 4) is 0 Å². The highest BCUT2D eigenvalue weighted by atomic mass is 79.9. The highest BCUT2D eigenvalue weighted by Gasteiger charge is 2.10. The summed E-state index contributed by atoms with van der Waals surface area (Å²) in [5, 5.41) is 10.6. The lowest BCUT2D eigenvalue weighted by molar-refractivity contribution is 0.0695. The Labute approximate surface area is 118 Å². The van der Waals surface area contributed by atoms with Gasteiger partial charge in [-0.15, -0.1) is 0 Å². The van der Waals surface area contributed by atoms with Crippen molar-refractivity contribution in [3.63, 3.8) is 0 Å². The summed E-state index contributed by atoms with van der Waals surface area (Å²) in [6, 6.07) is 11.1. The fourth-order valence-corrected chi connectivity index (χ4v) is 2.60. The van der Waals surface area contributed by atoms with Gasteiger partial charge < -0.3 is 5.11 Å². The van der Waals surface area contributed by atoms with Crippen LogP contribution >= 0.6 is 15.9 Å². The molecule has 0 unspecified atom stereocenters. The number of carboxylic acid groups (broad SMARTS) is 1. The molecule has 3 rings (SSSR count). The number of carboxylic acids is 1. The van der Waals surface area contributed by atoms with Crippen LogP contribution in [0.3, 0.4) is 0 Å². The van der Waals surface area contributed by atoms with Gasteiger partial charge in [0.15, 0.2) is 0 Å². The fourth-order valence-electron chi connectivity index (χ4n) is 2.19. The molecule has 0 amide bonds. The van der Waals surface area contributed by atoms with E-state index in [0.717, 1.165) is 27.4 Å². The van der Waals surface area contributed by atoms with Gasteiger partial charge in [-0.25, -0.2) is 9.79 Å². The van der Waals surface area contributed by atoms with Gasteiger partial charge in [0.05, 0.1) is 16.6 Å². The first-order valence-electron chi connectivity index (χ1n) is 5.85. The van der Waals surface area contributed by atoms with Crippen molar-refractivity contribution in [1.29, 1.82) is 0 Å². The Balaban J connectivity index is 2.36. The number of aromatic carboxylic acids is 1. The second kappa shape index (κ2) is 4.63. The lowest BCUT2D eigenvalue weighted by atomic mass is 10.1. The standard InChI is InChI=1S/C15H10BrNO2/c16-11-6-7-13-10(8-11)5-4-9-2-1-3-12(15(18)19)14(9)17-13/h1-4,6-8H,5H2,(H,18,19).